The summed E-state index contributed by atoms with van der Waals surface area (Å²) in [5.41, 5.74) is 5.73. The molecule has 1 unspecified atom stereocenters. The van der Waals surface area contributed by atoms with E-state index in [1.165, 1.54) is 74.2 Å². The highest BCUT2D eigenvalue weighted by Crippen LogP contribution is 2.37. The molecular weight excluding hydrogens is 588 g/mol. The molecule has 5 N–H and O–H groups in total. The van der Waals surface area contributed by atoms with Gasteiger partial charge in [-0.15, -0.1) is 0 Å². The molecule has 0 aliphatic heterocycles. The predicted octanol–water partition coefficient (Wildman–Crippen LogP) is 3.73. The first kappa shape index (κ1) is 30.7. The zero-order chi connectivity index (χ0) is 31.6. The van der Waals surface area contributed by atoms with Crippen molar-refractivity contribution in [3.63, 3.8) is 0 Å². The molecule has 1 fully saturated rings. The van der Waals surface area contributed by atoms with Crippen molar-refractivity contribution in [2.45, 2.75) is 49.3 Å². The van der Waals surface area contributed by atoms with Gasteiger partial charge in [-0.3, -0.25) is 20.5 Å². The van der Waals surface area contributed by atoms with Gasteiger partial charge in [0.2, 0.25) is 5.66 Å². The van der Waals surface area contributed by atoms with Gasteiger partial charge in [0.05, 0.1) is 17.6 Å². The average molecular weight is 621 g/mol. The van der Waals surface area contributed by atoms with Crippen LogP contribution in [-0.2, 0) is 25.2 Å². The Kier molecular flexibility index (Phi) is 8.46. The maximum atomic E-state index is 14.4. The van der Waals surface area contributed by atoms with Crippen molar-refractivity contribution < 1.29 is 37.5 Å². The quantitative estimate of drug-likeness (QED) is 0.0938. The van der Waals surface area contributed by atoms with Crippen LogP contribution < -0.4 is 16.0 Å². The molecule has 1 atom stereocenters. The standard InChI is InChI=1S/C31H32N4O8S/c1-19-8-3-6-13-27(19)44(40,41)35(28(36)20-9-7-12-23(16-20)42-2)31(32,30(38)34-39)25-18-33-26-15-14-21(17-24(25)26)29(37)43-22-10-4-5-11-22/h3,6-9,12-18,22,33,39H,4-5,10-11,32H2,1-2H3,(H,34,38). The highest BCUT2D eigenvalue weighted by molar-refractivity contribution is 7.89. The summed E-state index contributed by atoms with van der Waals surface area (Å²) >= 11 is 0. The van der Waals surface area contributed by atoms with Crippen LogP contribution in [0.4, 0.5) is 0 Å². The summed E-state index contributed by atoms with van der Waals surface area (Å²) < 4.78 is 40.0. The molecule has 2 amide bonds. The first-order valence-corrected chi connectivity index (χ1v) is 15.3. The zero-order valence-corrected chi connectivity index (χ0v) is 24.9. The largest absolute Gasteiger partial charge is 0.497 e. The van der Waals surface area contributed by atoms with Crippen molar-refractivity contribution >= 4 is 38.7 Å². The summed E-state index contributed by atoms with van der Waals surface area (Å²) in [5.74, 6) is -2.96. The number of rotatable bonds is 9. The Labute approximate surface area is 253 Å². The second kappa shape index (κ2) is 12.1. The number of nitrogens with zero attached hydrogens (tertiary/aromatic N) is 1. The molecule has 230 valence electrons. The van der Waals surface area contributed by atoms with Crippen molar-refractivity contribution in [3.8, 4) is 5.75 Å². The molecule has 4 aromatic rings. The fraction of sp³-hybridized carbons (Fsp3) is 0.258. The van der Waals surface area contributed by atoms with Crippen molar-refractivity contribution in [1.29, 1.82) is 0 Å². The fourth-order valence-electron chi connectivity index (χ4n) is 5.47. The van der Waals surface area contributed by atoms with E-state index in [2.05, 4.69) is 4.98 Å². The van der Waals surface area contributed by atoms with Crippen LogP contribution in [0.15, 0.2) is 77.8 Å². The minimum atomic E-state index is -4.91. The van der Waals surface area contributed by atoms with Gasteiger partial charge in [0, 0.05) is 28.2 Å². The van der Waals surface area contributed by atoms with Crippen LogP contribution in [-0.4, -0.2) is 53.9 Å². The highest BCUT2D eigenvalue weighted by atomic mass is 32.2. The lowest BCUT2D eigenvalue weighted by atomic mass is 9.96. The SMILES string of the molecule is COc1cccc(C(=O)N(C(N)(C(=O)NO)c2c[nH]c3ccc(C(=O)OC4CCCC4)cc23)S(=O)(=O)c2ccccc2C)c1. The van der Waals surface area contributed by atoms with Gasteiger partial charge in [0.1, 0.15) is 11.9 Å². The van der Waals surface area contributed by atoms with E-state index in [9.17, 15) is 28.0 Å². The molecule has 44 heavy (non-hydrogen) atoms. The number of aryl methyl sites for hydroxylation is 1. The summed E-state index contributed by atoms with van der Waals surface area (Å²) in [7, 11) is -3.53. The average Bonchev–Trinajstić information content (AvgIpc) is 3.70. The van der Waals surface area contributed by atoms with E-state index in [4.69, 9.17) is 15.2 Å². The summed E-state index contributed by atoms with van der Waals surface area (Å²) in [5, 5.41) is 10.1. The molecule has 0 spiro atoms. The normalized spacial score (nSPS) is 15.0. The lowest BCUT2D eigenvalue weighted by molar-refractivity contribution is -0.138. The lowest BCUT2D eigenvalue weighted by Gasteiger charge is -2.38. The van der Waals surface area contributed by atoms with Crippen LogP contribution in [0.25, 0.3) is 10.9 Å². The molecular formula is C31H32N4O8S. The number of ether oxygens (including phenoxy) is 2. The van der Waals surface area contributed by atoms with Gasteiger partial charge in [0.25, 0.3) is 21.8 Å². The smallest absolute Gasteiger partial charge is 0.338 e. The number of carbonyl (C=O) groups excluding carboxylic acids is 3. The number of H-pyrrole nitrogens is 1. The fourth-order valence-corrected chi connectivity index (χ4v) is 7.28. The maximum Gasteiger partial charge on any atom is 0.338 e. The van der Waals surface area contributed by atoms with Crippen LogP contribution in [0.3, 0.4) is 0 Å². The van der Waals surface area contributed by atoms with E-state index in [0.717, 1.165) is 25.7 Å². The van der Waals surface area contributed by atoms with Gasteiger partial charge >= 0.3 is 5.97 Å². The molecule has 1 aliphatic rings. The van der Waals surface area contributed by atoms with Crippen LogP contribution in [0.5, 0.6) is 5.75 Å². The summed E-state index contributed by atoms with van der Waals surface area (Å²) in [6.07, 6.45) is 4.46. The van der Waals surface area contributed by atoms with Gasteiger partial charge in [0.15, 0.2) is 0 Å². The maximum absolute atomic E-state index is 14.4. The Morgan fingerprint density at radius 1 is 1.02 bits per heavy atom. The van der Waals surface area contributed by atoms with Crippen LogP contribution in [0, 0.1) is 6.92 Å². The Morgan fingerprint density at radius 3 is 2.43 bits per heavy atom. The Bertz CT molecular complexity index is 1850. The van der Waals surface area contributed by atoms with Crippen LogP contribution >= 0.6 is 0 Å². The second-order valence-electron chi connectivity index (χ2n) is 10.6. The number of amides is 2. The number of esters is 1. The molecule has 12 nitrogen and oxygen atoms in total. The number of fused-ring (bicyclic) bond motifs is 1. The van der Waals surface area contributed by atoms with E-state index in [1.807, 2.05) is 0 Å². The van der Waals surface area contributed by atoms with E-state index in [0.29, 0.717) is 5.52 Å². The Balaban J connectivity index is 1.74. The Morgan fingerprint density at radius 2 is 1.75 bits per heavy atom. The molecule has 0 saturated heterocycles. The molecule has 3 aromatic carbocycles. The van der Waals surface area contributed by atoms with Gasteiger partial charge in [-0.25, -0.2) is 18.7 Å². The number of hydrogen-bond donors (Lipinski definition) is 4. The highest BCUT2D eigenvalue weighted by Gasteiger charge is 2.53. The van der Waals surface area contributed by atoms with Crippen molar-refractivity contribution in [3.05, 3.63) is 95.2 Å². The number of methoxy groups -OCH3 is 1. The van der Waals surface area contributed by atoms with Gasteiger partial charge < -0.3 is 14.5 Å². The lowest BCUT2D eigenvalue weighted by Crippen LogP contribution is -2.65. The number of nitrogens with one attached hydrogen (secondary N) is 2. The van der Waals surface area contributed by atoms with E-state index < -0.39 is 33.5 Å². The zero-order valence-electron chi connectivity index (χ0n) is 24.1. The number of carbonyl (C=O) groups is 3. The minimum absolute atomic E-state index is 0.129. The number of nitrogens with two attached hydrogens (primary N) is 1. The number of hydroxylamine groups is 1. The first-order chi connectivity index (χ1) is 21.0. The molecule has 13 heteroatoms. The van der Waals surface area contributed by atoms with E-state index in [-0.39, 0.29) is 48.7 Å². The molecule has 5 rings (SSSR count). The second-order valence-corrected chi connectivity index (χ2v) is 12.3. The molecule has 0 radical (unpaired) electrons. The number of sulfonamides is 1. The third-order valence-corrected chi connectivity index (χ3v) is 9.73. The molecule has 1 aromatic heterocycles. The first-order valence-electron chi connectivity index (χ1n) is 13.9. The van der Waals surface area contributed by atoms with Gasteiger partial charge in [-0.2, -0.15) is 4.31 Å². The van der Waals surface area contributed by atoms with Crippen molar-refractivity contribution in [1.82, 2.24) is 14.8 Å². The molecule has 1 saturated carbocycles. The minimum Gasteiger partial charge on any atom is -0.497 e. The van der Waals surface area contributed by atoms with Crippen molar-refractivity contribution in [2.24, 2.45) is 5.73 Å². The van der Waals surface area contributed by atoms with E-state index >= 15 is 0 Å². The van der Waals surface area contributed by atoms with E-state index in [1.54, 1.807) is 18.2 Å². The summed E-state index contributed by atoms with van der Waals surface area (Å²) in [6.45, 7) is 1.53. The van der Waals surface area contributed by atoms with Crippen molar-refractivity contribution in [2.75, 3.05) is 7.11 Å². The number of aromatic nitrogens is 1. The predicted molar refractivity (Wildman–Crippen MR) is 159 cm³/mol. The summed E-state index contributed by atoms with van der Waals surface area (Å²) in [6, 6.07) is 16.0. The Hall–Kier alpha value is -4.72. The van der Waals surface area contributed by atoms with Crippen LogP contribution in [0.1, 0.15) is 57.5 Å². The molecule has 0 bridgehead atoms. The number of hydrogen-bond acceptors (Lipinski definition) is 9. The monoisotopic (exact) mass is 620 g/mol. The van der Waals surface area contributed by atoms with Crippen LogP contribution in [0.2, 0.25) is 0 Å². The number of aromatic amines is 1. The molecule has 1 aliphatic carbocycles. The van der Waals surface area contributed by atoms with Gasteiger partial charge in [-0.05, 0) is 80.6 Å². The number of benzene rings is 3. The summed E-state index contributed by atoms with van der Waals surface area (Å²) in [4.78, 5) is 43.5. The third kappa shape index (κ3) is 5.41. The molecule has 1 heterocycles. The topological polar surface area (TPSA) is 181 Å². The third-order valence-electron chi connectivity index (χ3n) is 7.79. The van der Waals surface area contributed by atoms with Gasteiger partial charge in [-0.1, -0.05) is 24.3 Å².